The number of halogens is 2. The molecule has 0 spiro atoms. The fourth-order valence-corrected chi connectivity index (χ4v) is 0.951. The van der Waals surface area contributed by atoms with E-state index in [1.54, 1.807) is 0 Å². The molecule has 0 aromatic carbocycles. The highest BCUT2D eigenvalue weighted by molar-refractivity contribution is 9.10. The highest BCUT2D eigenvalue weighted by Gasteiger charge is 2.02. The van der Waals surface area contributed by atoms with Gasteiger partial charge in [-0.25, -0.2) is 4.39 Å². The number of rotatable bonds is 1. The summed E-state index contributed by atoms with van der Waals surface area (Å²) in [6.45, 7) is 0. The molecular formula is C7H4BrFN2. The van der Waals surface area contributed by atoms with Gasteiger partial charge in [-0.3, -0.25) is 4.98 Å². The first kappa shape index (κ1) is 8.15. The second-order valence-electron chi connectivity index (χ2n) is 1.92. The zero-order chi connectivity index (χ0) is 8.27. The van der Waals surface area contributed by atoms with Gasteiger partial charge in [0, 0.05) is 10.7 Å². The fraction of sp³-hybridized carbons (Fsp3) is 0.143. The first-order valence-electron chi connectivity index (χ1n) is 2.91. The monoisotopic (exact) mass is 214 g/mol. The van der Waals surface area contributed by atoms with Crippen molar-refractivity contribution in [3.05, 3.63) is 28.2 Å². The van der Waals surface area contributed by atoms with Crippen LogP contribution in [0.15, 0.2) is 16.7 Å². The zero-order valence-electron chi connectivity index (χ0n) is 5.51. The summed E-state index contributed by atoms with van der Waals surface area (Å²) in [4.78, 5) is 3.72. The lowest BCUT2D eigenvalue weighted by Gasteiger charge is -1.95. The van der Waals surface area contributed by atoms with E-state index in [2.05, 4.69) is 20.9 Å². The second kappa shape index (κ2) is 3.44. The van der Waals surface area contributed by atoms with Crippen LogP contribution in [0.2, 0.25) is 0 Å². The van der Waals surface area contributed by atoms with E-state index in [-0.39, 0.29) is 12.1 Å². The Morgan fingerprint density at radius 2 is 2.45 bits per heavy atom. The molecule has 0 amide bonds. The molecule has 0 unspecified atom stereocenters. The van der Waals surface area contributed by atoms with Crippen molar-refractivity contribution in [1.82, 2.24) is 4.98 Å². The van der Waals surface area contributed by atoms with Crippen molar-refractivity contribution in [2.45, 2.75) is 6.42 Å². The van der Waals surface area contributed by atoms with Crippen LogP contribution in [-0.4, -0.2) is 4.98 Å². The Bertz CT molecular complexity index is 306. The van der Waals surface area contributed by atoms with Crippen LogP contribution in [-0.2, 0) is 6.42 Å². The molecular weight excluding hydrogens is 211 g/mol. The van der Waals surface area contributed by atoms with Gasteiger partial charge in [-0.15, -0.1) is 0 Å². The molecule has 11 heavy (non-hydrogen) atoms. The molecule has 0 bridgehead atoms. The Labute approximate surface area is 71.8 Å². The number of pyridine rings is 1. The van der Waals surface area contributed by atoms with Gasteiger partial charge in [0.15, 0.2) is 0 Å². The molecule has 2 nitrogen and oxygen atoms in total. The zero-order valence-corrected chi connectivity index (χ0v) is 7.10. The van der Waals surface area contributed by atoms with Crippen molar-refractivity contribution < 1.29 is 4.39 Å². The normalized spacial score (nSPS) is 9.18. The Hall–Kier alpha value is -0.950. The van der Waals surface area contributed by atoms with Crippen molar-refractivity contribution in [2.24, 2.45) is 0 Å². The summed E-state index contributed by atoms with van der Waals surface area (Å²) in [5.74, 6) is -0.444. The van der Waals surface area contributed by atoms with Gasteiger partial charge in [-0.05, 0) is 22.0 Å². The van der Waals surface area contributed by atoms with Crippen molar-refractivity contribution in [3.63, 3.8) is 0 Å². The van der Waals surface area contributed by atoms with Gasteiger partial charge in [0.2, 0.25) is 0 Å². The minimum absolute atomic E-state index is 0.0130. The molecule has 0 saturated heterocycles. The number of hydrogen-bond donors (Lipinski definition) is 0. The van der Waals surface area contributed by atoms with E-state index in [1.807, 2.05) is 6.07 Å². The molecule has 56 valence electrons. The maximum Gasteiger partial charge on any atom is 0.146 e. The first-order chi connectivity index (χ1) is 5.24. The molecule has 1 aromatic rings. The van der Waals surface area contributed by atoms with E-state index in [0.29, 0.717) is 4.47 Å². The molecule has 1 aromatic heterocycles. The summed E-state index contributed by atoms with van der Waals surface area (Å²) in [7, 11) is 0. The fourth-order valence-electron chi connectivity index (χ4n) is 0.648. The van der Waals surface area contributed by atoms with Crippen molar-refractivity contribution in [3.8, 4) is 6.07 Å². The Morgan fingerprint density at radius 1 is 1.73 bits per heavy atom. The molecule has 0 N–H and O–H groups in total. The molecule has 1 heterocycles. The van der Waals surface area contributed by atoms with E-state index in [4.69, 9.17) is 5.26 Å². The van der Waals surface area contributed by atoms with Crippen LogP contribution >= 0.6 is 15.9 Å². The van der Waals surface area contributed by atoms with Crippen LogP contribution in [0.3, 0.4) is 0 Å². The molecule has 0 saturated carbocycles. The molecule has 0 aliphatic carbocycles. The third-order valence-corrected chi connectivity index (χ3v) is 1.56. The predicted octanol–water partition coefficient (Wildman–Crippen LogP) is 2.05. The minimum atomic E-state index is -0.444. The highest BCUT2D eigenvalue weighted by Crippen LogP contribution is 2.12. The van der Waals surface area contributed by atoms with Crippen LogP contribution in [0, 0.1) is 17.1 Å². The molecule has 0 radical (unpaired) electrons. The van der Waals surface area contributed by atoms with E-state index < -0.39 is 5.82 Å². The maximum absolute atomic E-state index is 12.8. The van der Waals surface area contributed by atoms with Crippen molar-refractivity contribution in [1.29, 1.82) is 5.26 Å². The summed E-state index contributed by atoms with van der Waals surface area (Å²) >= 11 is 3.06. The average Bonchev–Trinajstić information content (AvgIpc) is 1.95. The lowest BCUT2D eigenvalue weighted by Crippen LogP contribution is -1.92. The highest BCUT2D eigenvalue weighted by atomic mass is 79.9. The first-order valence-corrected chi connectivity index (χ1v) is 3.70. The predicted molar refractivity (Wildman–Crippen MR) is 41.2 cm³/mol. The topological polar surface area (TPSA) is 36.7 Å². The summed E-state index contributed by atoms with van der Waals surface area (Å²) < 4.78 is 13.4. The van der Waals surface area contributed by atoms with Gasteiger partial charge >= 0.3 is 0 Å². The van der Waals surface area contributed by atoms with E-state index >= 15 is 0 Å². The summed E-state index contributed by atoms with van der Waals surface area (Å²) in [6.07, 6.45) is 1.48. The SMILES string of the molecule is N#CCc1ncc(Br)cc1F. The molecule has 0 aliphatic heterocycles. The smallest absolute Gasteiger partial charge is 0.146 e. The number of hydrogen-bond acceptors (Lipinski definition) is 2. The average molecular weight is 215 g/mol. The third-order valence-electron chi connectivity index (χ3n) is 1.13. The molecule has 1 rings (SSSR count). The Balaban J connectivity index is 3.01. The van der Waals surface area contributed by atoms with Gasteiger partial charge in [0.05, 0.1) is 18.2 Å². The van der Waals surface area contributed by atoms with Gasteiger partial charge in [0.1, 0.15) is 5.82 Å². The minimum Gasteiger partial charge on any atom is -0.256 e. The summed E-state index contributed by atoms with van der Waals surface area (Å²) in [5.41, 5.74) is 0.190. The van der Waals surface area contributed by atoms with E-state index in [1.165, 1.54) is 12.3 Å². The standard InChI is InChI=1S/C7H4BrFN2/c8-5-3-6(9)7(1-2-10)11-4-5/h3-4H,1H2. The molecule has 0 aliphatic rings. The van der Waals surface area contributed by atoms with Crippen molar-refractivity contribution >= 4 is 15.9 Å². The Kier molecular flexibility index (Phi) is 2.55. The molecule has 4 heteroatoms. The second-order valence-corrected chi connectivity index (χ2v) is 2.83. The van der Waals surface area contributed by atoms with Gasteiger partial charge in [-0.1, -0.05) is 0 Å². The molecule has 0 fully saturated rings. The van der Waals surface area contributed by atoms with Gasteiger partial charge < -0.3 is 0 Å². The lowest BCUT2D eigenvalue weighted by molar-refractivity contribution is 0.604. The van der Waals surface area contributed by atoms with Crippen molar-refractivity contribution in [2.75, 3.05) is 0 Å². The van der Waals surface area contributed by atoms with E-state index in [9.17, 15) is 4.39 Å². The van der Waals surface area contributed by atoms with Crippen LogP contribution in [0.1, 0.15) is 5.69 Å². The van der Waals surface area contributed by atoms with Gasteiger partial charge in [-0.2, -0.15) is 5.26 Å². The largest absolute Gasteiger partial charge is 0.256 e. The van der Waals surface area contributed by atoms with Gasteiger partial charge in [0.25, 0.3) is 0 Å². The van der Waals surface area contributed by atoms with Crippen LogP contribution in [0.25, 0.3) is 0 Å². The van der Waals surface area contributed by atoms with Crippen LogP contribution < -0.4 is 0 Å². The summed E-state index contributed by atoms with van der Waals surface area (Å²) in [5, 5.41) is 8.25. The summed E-state index contributed by atoms with van der Waals surface area (Å²) in [6, 6.07) is 3.12. The number of nitrogens with zero attached hydrogens (tertiary/aromatic N) is 2. The number of nitriles is 1. The Morgan fingerprint density at radius 3 is 3.00 bits per heavy atom. The lowest BCUT2D eigenvalue weighted by atomic mass is 10.3. The van der Waals surface area contributed by atoms with Crippen LogP contribution in [0.4, 0.5) is 4.39 Å². The quantitative estimate of drug-likeness (QED) is 0.718. The third kappa shape index (κ3) is 1.99. The van der Waals surface area contributed by atoms with Crippen LogP contribution in [0.5, 0.6) is 0 Å². The number of aromatic nitrogens is 1. The maximum atomic E-state index is 12.8. The molecule has 0 atom stereocenters. The van der Waals surface area contributed by atoms with E-state index in [0.717, 1.165) is 0 Å².